The fourth-order valence-electron chi connectivity index (χ4n) is 2.55. The van der Waals surface area contributed by atoms with Crippen molar-refractivity contribution in [3.63, 3.8) is 0 Å². The van der Waals surface area contributed by atoms with E-state index in [4.69, 9.17) is 0 Å². The number of fused-ring (bicyclic) bond motifs is 1. The maximum absolute atomic E-state index is 13.3. The highest BCUT2D eigenvalue weighted by Crippen LogP contribution is 2.27. The first-order chi connectivity index (χ1) is 11.8. The van der Waals surface area contributed by atoms with Gasteiger partial charge in [-0.1, -0.05) is 24.3 Å². The number of carbonyl (C=O) groups is 1. The second kappa shape index (κ2) is 6.00. The first-order valence-electron chi connectivity index (χ1n) is 7.13. The van der Waals surface area contributed by atoms with Gasteiger partial charge in [0.1, 0.15) is 0 Å². The number of imidazole rings is 1. The molecule has 0 atom stereocenters. The summed E-state index contributed by atoms with van der Waals surface area (Å²) in [5.41, 5.74) is 0.126. The van der Waals surface area contributed by atoms with Crippen molar-refractivity contribution in [3.8, 4) is 0 Å². The molecule has 0 fully saturated rings. The Balaban J connectivity index is 2.04. The number of aromatic nitrogens is 2. The van der Waals surface area contributed by atoms with Gasteiger partial charge in [-0.3, -0.25) is 14.9 Å². The van der Waals surface area contributed by atoms with Crippen molar-refractivity contribution in [2.45, 2.75) is 12.7 Å². The Morgan fingerprint density at radius 3 is 2.56 bits per heavy atom. The highest BCUT2D eigenvalue weighted by molar-refractivity contribution is 5.95. The molecule has 0 radical (unpaired) electrons. The highest BCUT2D eigenvalue weighted by Gasteiger charge is 2.44. The van der Waals surface area contributed by atoms with Crippen molar-refractivity contribution in [2.75, 3.05) is 0 Å². The van der Waals surface area contributed by atoms with E-state index >= 15 is 0 Å². The maximum atomic E-state index is 13.3. The van der Waals surface area contributed by atoms with E-state index in [9.17, 15) is 28.1 Å². The Kier molecular flexibility index (Phi) is 3.99. The van der Waals surface area contributed by atoms with Gasteiger partial charge < -0.3 is 0 Å². The number of para-hydroxylation sites is 2. The number of nitro benzene ring substituents is 1. The molecule has 1 heterocycles. The van der Waals surface area contributed by atoms with Gasteiger partial charge in [-0.05, 0) is 12.1 Å². The number of hydrogen-bond donors (Lipinski definition) is 1. The number of alkyl halides is 3. The van der Waals surface area contributed by atoms with Crippen LogP contribution in [0.25, 0.3) is 11.0 Å². The van der Waals surface area contributed by atoms with Crippen LogP contribution in [-0.2, 0) is 12.7 Å². The molecule has 6 nitrogen and oxygen atoms in total. The van der Waals surface area contributed by atoms with Crippen LogP contribution in [0, 0.1) is 10.1 Å². The summed E-state index contributed by atoms with van der Waals surface area (Å²) in [6.07, 6.45) is -4.68. The number of ketones is 1. The van der Waals surface area contributed by atoms with Crippen LogP contribution in [0.1, 0.15) is 16.2 Å². The first kappa shape index (κ1) is 16.6. The van der Waals surface area contributed by atoms with Crippen molar-refractivity contribution in [3.05, 3.63) is 70.0 Å². The molecule has 9 heteroatoms. The smallest absolute Gasteiger partial charge is 0.290 e. The van der Waals surface area contributed by atoms with Gasteiger partial charge in [-0.25, -0.2) is 9.55 Å². The van der Waals surface area contributed by atoms with Crippen LogP contribution < -0.4 is 4.57 Å². The maximum Gasteiger partial charge on any atom is 0.494 e. The minimum atomic E-state index is -4.68. The predicted molar refractivity (Wildman–Crippen MR) is 80.9 cm³/mol. The van der Waals surface area contributed by atoms with Gasteiger partial charge in [0.2, 0.25) is 5.78 Å². The van der Waals surface area contributed by atoms with E-state index in [1.165, 1.54) is 30.3 Å². The van der Waals surface area contributed by atoms with Crippen molar-refractivity contribution in [1.82, 2.24) is 4.98 Å². The van der Waals surface area contributed by atoms with Crippen molar-refractivity contribution >= 4 is 22.5 Å². The molecule has 0 unspecified atom stereocenters. The average molecular weight is 350 g/mol. The number of aromatic amines is 1. The highest BCUT2D eigenvalue weighted by atomic mass is 19.4. The second-order valence-electron chi connectivity index (χ2n) is 5.31. The summed E-state index contributed by atoms with van der Waals surface area (Å²) < 4.78 is 40.6. The lowest BCUT2D eigenvalue weighted by molar-refractivity contribution is -0.677. The number of Topliss-reactive ketones (excluding diaryl/α,β-unsaturated/α-hetero) is 1. The number of benzene rings is 2. The number of carbonyl (C=O) groups excluding carboxylic acids is 1. The summed E-state index contributed by atoms with van der Waals surface area (Å²) in [6, 6.07) is 11.0. The van der Waals surface area contributed by atoms with Gasteiger partial charge in [-0.15, -0.1) is 0 Å². The monoisotopic (exact) mass is 350 g/mol. The molecule has 25 heavy (non-hydrogen) atoms. The second-order valence-corrected chi connectivity index (χ2v) is 5.31. The van der Waals surface area contributed by atoms with E-state index in [1.807, 2.05) is 0 Å². The van der Waals surface area contributed by atoms with Gasteiger partial charge >= 0.3 is 12.0 Å². The topological polar surface area (TPSA) is 79.9 Å². The zero-order valence-electron chi connectivity index (χ0n) is 12.6. The Hall–Kier alpha value is -3.23. The van der Waals surface area contributed by atoms with E-state index in [2.05, 4.69) is 4.98 Å². The Morgan fingerprint density at radius 1 is 1.16 bits per heavy atom. The number of H-pyrrole nitrogens is 1. The molecule has 128 valence electrons. The first-order valence-corrected chi connectivity index (χ1v) is 7.13. The predicted octanol–water partition coefficient (Wildman–Crippen LogP) is 3.27. The van der Waals surface area contributed by atoms with E-state index in [0.717, 1.165) is 10.6 Å². The third-order valence-electron chi connectivity index (χ3n) is 3.67. The van der Waals surface area contributed by atoms with E-state index < -0.39 is 29.3 Å². The Bertz CT molecular complexity index is 979. The third kappa shape index (κ3) is 3.21. The molecule has 1 N–H and O–H groups in total. The van der Waals surface area contributed by atoms with Crippen LogP contribution in [0.5, 0.6) is 0 Å². The third-order valence-corrected chi connectivity index (χ3v) is 3.67. The van der Waals surface area contributed by atoms with Crippen LogP contribution >= 0.6 is 0 Å². The summed E-state index contributed by atoms with van der Waals surface area (Å²) in [5, 5.41) is 10.8. The summed E-state index contributed by atoms with van der Waals surface area (Å²) in [6.45, 7) is -0.597. The Morgan fingerprint density at radius 2 is 1.88 bits per heavy atom. The lowest BCUT2D eigenvalue weighted by Gasteiger charge is -2.04. The van der Waals surface area contributed by atoms with Crippen LogP contribution in [0.2, 0.25) is 0 Å². The molecular formula is C16H11F3N3O3+. The fourth-order valence-corrected chi connectivity index (χ4v) is 2.55. The SMILES string of the molecule is O=C(C[n+]1c(C(F)(F)F)[nH]c2ccccc21)c1cccc([N+](=O)[O-])c1. The normalized spacial score (nSPS) is 11.6. The molecule has 3 aromatic rings. The standard InChI is InChI=1S/C16H10F3N3O3/c17-16(18,19)15-20-12-6-1-2-7-13(12)21(15)9-14(23)10-4-3-5-11(8-10)22(24)25/h1-8H,9H2/p+1. The number of nitro groups is 1. The number of nitrogens with one attached hydrogen (secondary N) is 1. The lowest BCUT2D eigenvalue weighted by atomic mass is 10.1. The minimum Gasteiger partial charge on any atom is -0.290 e. The number of hydrogen-bond acceptors (Lipinski definition) is 3. The number of halogens is 3. The molecular weight excluding hydrogens is 339 g/mol. The van der Waals surface area contributed by atoms with Gasteiger partial charge in [-0.2, -0.15) is 13.2 Å². The van der Waals surface area contributed by atoms with Crippen LogP contribution in [0.3, 0.4) is 0 Å². The molecule has 0 aliphatic rings. The summed E-state index contributed by atoms with van der Waals surface area (Å²) in [5.74, 6) is -1.73. The summed E-state index contributed by atoms with van der Waals surface area (Å²) in [7, 11) is 0. The van der Waals surface area contributed by atoms with Crippen LogP contribution in [0.15, 0.2) is 48.5 Å². The van der Waals surface area contributed by atoms with Gasteiger partial charge in [0, 0.05) is 17.7 Å². The van der Waals surface area contributed by atoms with Crippen molar-refractivity contribution < 1.29 is 27.5 Å². The lowest BCUT2D eigenvalue weighted by Crippen LogP contribution is -2.44. The summed E-state index contributed by atoms with van der Waals surface area (Å²) in [4.78, 5) is 24.8. The van der Waals surface area contributed by atoms with E-state index in [1.54, 1.807) is 12.1 Å². The largest absolute Gasteiger partial charge is 0.494 e. The number of rotatable bonds is 4. The molecule has 0 aliphatic heterocycles. The Labute approximate surface area is 138 Å². The van der Waals surface area contributed by atoms with Crippen LogP contribution in [-0.4, -0.2) is 15.7 Å². The molecule has 3 rings (SSSR count). The average Bonchev–Trinajstić information content (AvgIpc) is 2.94. The number of nitrogens with zero attached hydrogens (tertiary/aromatic N) is 2. The zero-order valence-corrected chi connectivity index (χ0v) is 12.6. The van der Waals surface area contributed by atoms with E-state index in [0.29, 0.717) is 0 Å². The molecule has 0 saturated carbocycles. The molecule has 1 aromatic heterocycles. The van der Waals surface area contributed by atoms with Crippen molar-refractivity contribution in [1.29, 1.82) is 0 Å². The molecule has 0 amide bonds. The van der Waals surface area contributed by atoms with Crippen LogP contribution in [0.4, 0.5) is 18.9 Å². The molecule has 0 bridgehead atoms. The van der Waals surface area contributed by atoms with Crippen molar-refractivity contribution in [2.24, 2.45) is 0 Å². The van der Waals surface area contributed by atoms with Gasteiger partial charge in [0.05, 0.1) is 4.92 Å². The summed E-state index contributed by atoms with van der Waals surface area (Å²) >= 11 is 0. The van der Waals surface area contributed by atoms with E-state index in [-0.39, 0.29) is 22.3 Å². The van der Waals surface area contributed by atoms with Gasteiger partial charge in [0.15, 0.2) is 17.6 Å². The number of non-ortho nitro benzene ring substituents is 1. The fraction of sp³-hybridized carbons (Fsp3) is 0.125. The minimum absolute atomic E-state index is 0.0277. The molecule has 0 aliphatic carbocycles. The molecule has 0 spiro atoms. The molecule has 0 saturated heterocycles. The quantitative estimate of drug-likeness (QED) is 0.339. The molecule has 2 aromatic carbocycles. The zero-order chi connectivity index (χ0) is 18.2. The van der Waals surface area contributed by atoms with Gasteiger partial charge in [0.25, 0.3) is 5.69 Å².